The molecule has 3 rings (SSSR count). The van der Waals surface area contributed by atoms with Crippen molar-refractivity contribution in [2.24, 2.45) is 11.8 Å². The van der Waals surface area contributed by atoms with E-state index in [0.717, 1.165) is 40.9 Å². The van der Waals surface area contributed by atoms with Gasteiger partial charge in [-0.2, -0.15) is 0 Å². The lowest BCUT2D eigenvalue weighted by atomic mass is 9.81. The Morgan fingerprint density at radius 1 is 1.19 bits per heavy atom. The number of fused-ring (bicyclic) bond motifs is 1. The van der Waals surface area contributed by atoms with Gasteiger partial charge in [0.05, 0.1) is 4.47 Å². The molecule has 1 aliphatic heterocycles. The van der Waals surface area contributed by atoms with Crippen molar-refractivity contribution < 1.29 is 9.47 Å². The Bertz CT molecular complexity index is 484. The minimum Gasteiger partial charge on any atom is -0.454 e. The molecule has 1 N–H and O–H groups in total. The second kappa shape index (κ2) is 7.01. The van der Waals surface area contributed by atoms with Crippen LogP contribution in [0.2, 0.25) is 0 Å². The number of ether oxygens (including phenoxy) is 2. The fourth-order valence-electron chi connectivity index (χ4n) is 3.28. The Balaban J connectivity index is 1.42. The molecule has 116 valence electrons. The summed E-state index contributed by atoms with van der Waals surface area (Å²) in [7, 11) is 0. The van der Waals surface area contributed by atoms with E-state index in [-0.39, 0.29) is 0 Å². The van der Waals surface area contributed by atoms with Crippen molar-refractivity contribution in [3.8, 4) is 11.5 Å². The summed E-state index contributed by atoms with van der Waals surface area (Å²) in [6.45, 7) is 4.69. The zero-order valence-electron chi connectivity index (χ0n) is 12.7. The topological polar surface area (TPSA) is 30.5 Å². The first kappa shape index (κ1) is 15.2. The molecule has 1 aromatic carbocycles. The van der Waals surface area contributed by atoms with Crippen LogP contribution >= 0.6 is 15.9 Å². The highest BCUT2D eigenvalue weighted by Gasteiger charge is 2.19. The van der Waals surface area contributed by atoms with Gasteiger partial charge in [-0.1, -0.05) is 32.6 Å². The van der Waals surface area contributed by atoms with Crippen molar-refractivity contribution in [2.75, 3.05) is 13.3 Å². The summed E-state index contributed by atoms with van der Waals surface area (Å²) in [6, 6.07) is 4.19. The molecule has 0 aromatic heterocycles. The summed E-state index contributed by atoms with van der Waals surface area (Å²) < 4.78 is 11.8. The average Bonchev–Trinajstić information content (AvgIpc) is 2.94. The third kappa shape index (κ3) is 3.92. The Labute approximate surface area is 135 Å². The van der Waals surface area contributed by atoms with Gasteiger partial charge in [0.25, 0.3) is 0 Å². The molecule has 1 saturated carbocycles. The van der Waals surface area contributed by atoms with E-state index in [0.29, 0.717) is 6.79 Å². The molecule has 21 heavy (non-hydrogen) atoms. The normalized spacial score (nSPS) is 24.3. The van der Waals surface area contributed by atoms with Crippen molar-refractivity contribution in [3.63, 3.8) is 0 Å². The van der Waals surface area contributed by atoms with Crippen LogP contribution in [0.5, 0.6) is 11.5 Å². The minimum absolute atomic E-state index is 0.324. The van der Waals surface area contributed by atoms with E-state index in [4.69, 9.17) is 9.47 Å². The molecule has 1 aromatic rings. The molecule has 3 nitrogen and oxygen atoms in total. The molecule has 1 aliphatic carbocycles. The standard InChI is InChI=1S/C17H24BrNO2/c1-12-2-4-13(5-3-12)6-7-19-10-14-8-15(18)17-16(9-14)20-11-21-17/h8-9,12-13,19H,2-7,10-11H2,1H3. The van der Waals surface area contributed by atoms with Crippen LogP contribution in [0.4, 0.5) is 0 Å². The highest BCUT2D eigenvalue weighted by molar-refractivity contribution is 9.10. The summed E-state index contributed by atoms with van der Waals surface area (Å²) in [4.78, 5) is 0. The van der Waals surface area contributed by atoms with Gasteiger partial charge in [0.2, 0.25) is 6.79 Å². The van der Waals surface area contributed by atoms with Gasteiger partial charge >= 0.3 is 0 Å². The predicted octanol–water partition coefficient (Wildman–Crippen LogP) is 4.48. The maximum Gasteiger partial charge on any atom is 0.231 e. The van der Waals surface area contributed by atoms with E-state index >= 15 is 0 Å². The summed E-state index contributed by atoms with van der Waals surface area (Å²) >= 11 is 3.54. The van der Waals surface area contributed by atoms with Gasteiger partial charge in [-0.3, -0.25) is 0 Å². The molecule has 1 fully saturated rings. The van der Waals surface area contributed by atoms with E-state index in [1.807, 2.05) is 0 Å². The molecule has 0 radical (unpaired) electrons. The highest BCUT2D eigenvalue weighted by atomic mass is 79.9. The quantitative estimate of drug-likeness (QED) is 0.791. The maximum absolute atomic E-state index is 5.45. The van der Waals surface area contributed by atoms with E-state index in [1.165, 1.54) is 37.7 Å². The van der Waals surface area contributed by atoms with E-state index in [2.05, 4.69) is 40.3 Å². The van der Waals surface area contributed by atoms with Gasteiger partial charge in [-0.15, -0.1) is 0 Å². The summed E-state index contributed by atoms with van der Waals surface area (Å²) in [5, 5.41) is 3.56. The Kier molecular flexibility index (Phi) is 5.07. The molecule has 0 atom stereocenters. The van der Waals surface area contributed by atoms with Crippen LogP contribution in [0.3, 0.4) is 0 Å². The number of benzene rings is 1. The molecular formula is C17H24BrNO2. The SMILES string of the molecule is CC1CCC(CCNCc2cc(Br)c3c(c2)OCO3)CC1. The number of rotatable bonds is 5. The van der Waals surface area contributed by atoms with Gasteiger partial charge < -0.3 is 14.8 Å². The first-order valence-electron chi connectivity index (χ1n) is 8.01. The average molecular weight is 354 g/mol. The second-order valence-electron chi connectivity index (χ2n) is 6.40. The van der Waals surface area contributed by atoms with Crippen molar-refractivity contribution in [1.29, 1.82) is 0 Å². The van der Waals surface area contributed by atoms with Crippen LogP contribution < -0.4 is 14.8 Å². The first-order valence-corrected chi connectivity index (χ1v) is 8.80. The lowest BCUT2D eigenvalue weighted by molar-refractivity contribution is 0.173. The Hall–Kier alpha value is -0.740. The predicted molar refractivity (Wildman–Crippen MR) is 87.7 cm³/mol. The van der Waals surface area contributed by atoms with Crippen molar-refractivity contribution in [3.05, 3.63) is 22.2 Å². The molecule has 0 bridgehead atoms. The molecule has 0 saturated heterocycles. The third-order valence-corrected chi connectivity index (χ3v) is 5.27. The lowest BCUT2D eigenvalue weighted by Crippen LogP contribution is -2.20. The van der Waals surface area contributed by atoms with E-state index in [1.54, 1.807) is 0 Å². The van der Waals surface area contributed by atoms with Crippen LogP contribution in [0, 0.1) is 11.8 Å². The molecule has 0 amide bonds. The fraction of sp³-hybridized carbons (Fsp3) is 0.647. The van der Waals surface area contributed by atoms with Crippen LogP contribution in [0.1, 0.15) is 44.6 Å². The van der Waals surface area contributed by atoms with Gasteiger partial charge in [0.15, 0.2) is 11.5 Å². The van der Waals surface area contributed by atoms with Crippen molar-refractivity contribution >= 4 is 15.9 Å². The molecule has 0 unspecified atom stereocenters. The third-order valence-electron chi connectivity index (χ3n) is 4.68. The maximum atomic E-state index is 5.45. The molecule has 1 heterocycles. The van der Waals surface area contributed by atoms with E-state index in [9.17, 15) is 0 Å². The summed E-state index contributed by atoms with van der Waals surface area (Å²) in [6.07, 6.45) is 6.97. The summed E-state index contributed by atoms with van der Waals surface area (Å²) in [5.74, 6) is 3.55. The molecule has 0 spiro atoms. The lowest BCUT2D eigenvalue weighted by Gasteiger charge is -2.26. The Morgan fingerprint density at radius 3 is 2.81 bits per heavy atom. The molecule has 2 aliphatic rings. The number of nitrogens with one attached hydrogen (secondary N) is 1. The zero-order chi connectivity index (χ0) is 14.7. The first-order chi connectivity index (χ1) is 10.2. The fourth-order valence-corrected chi connectivity index (χ4v) is 3.88. The van der Waals surface area contributed by atoms with Crippen molar-refractivity contribution in [1.82, 2.24) is 5.32 Å². The van der Waals surface area contributed by atoms with Gasteiger partial charge in [0.1, 0.15) is 0 Å². The monoisotopic (exact) mass is 353 g/mol. The minimum atomic E-state index is 0.324. The van der Waals surface area contributed by atoms with Gasteiger partial charge in [-0.25, -0.2) is 0 Å². The molecule has 4 heteroatoms. The van der Waals surface area contributed by atoms with Crippen LogP contribution in [-0.2, 0) is 6.54 Å². The number of hydrogen-bond donors (Lipinski definition) is 1. The largest absolute Gasteiger partial charge is 0.454 e. The van der Waals surface area contributed by atoms with Crippen molar-refractivity contribution in [2.45, 2.75) is 45.6 Å². The smallest absolute Gasteiger partial charge is 0.231 e. The highest BCUT2D eigenvalue weighted by Crippen LogP contribution is 2.40. The van der Waals surface area contributed by atoms with E-state index < -0.39 is 0 Å². The van der Waals surface area contributed by atoms with Crippen LogP contribution in [0.25, 0.3) is 0 Å². The zero-order valence-corrected chi connectivity index (χ0v) is 14.2. The summed E-state index contributed by atoms with van der Waals surface area (Å²) in [5.41, 5.74) is 1.24. The second-order valence-corrected chi connectivity index (χ2v) is 7.26. The van der Waals surface area contributed by atoms with Crippen LogP contribution in [0.15, 0.2) is 16.6 Å². The Morgan fingerprint density at radius 2 is 2.00 bits per heavy atom. The number of hydrogen-bond acceptors (Lipinski definition) is 3. The number of halogens is 1. The van der Waals surface area contributed by atoms with Gasteiger partial charge in [0, 0.05) is 6.54 Å². The van der Waals surface area contributed by atoms with Gasteiger partial charge in [-0.05, 0) is 58.4 Å². The molecular weight excluding hydrogens is 330 g/mol. The van der Waals surface area contributed by atoms with Crippen LogP contribution in [-0.4, -0.2) is 13.3 Å².